The van der Waals surface area contributed by atoms with E-state index in [2.05, 4.69) is 0 Å². The summed E-state index contributed by atoms with van der Waals surface area (Å²) in [6.07, 6.45) is 4.58. The van der Waals surface area contributed by atoms with Crippen molar-refractivity contribution in [1.29, 1.82) is 0 Å². The number of ether oxygens (including phenoxy) is 1. The number of carbonyl (C=O) groups is 1. The number of hydrogen-bond acceptors (Lipinski definition) is 4. The summed E-state index contributed by atoms with van der Waals surface area (Å²) in [5.41, 5.74) is 1.96. The second-order valence-corrected chi connectivity index (χ2v) is 10.9. The smallest absolute Gasteiger partial charge is 0.411 e. The molecule has 1 saturated heterocycles. The number of hydrogen-bond donors (Lipinski definition) is 1. The maximum Gasteiger partial charge on any atom is 0.411 e. The Morgan fingerprint density at radius 1 is 1.03 bits per heavy atom. The SMILES string of the molecule is C[C@@H](c1ccc(-c2ccn(C3CC3)c(=O)c2)cc1)N1CCC(CC(C)(C)O)(c2ccccc2)OC1=O. The number of aliphatic hydroxyl groups is 1. The first-order valence-electron chi connectivity index (χ1n) is 12.8. The Balaban J connectivity index is 1.33. The fourth-order valence-corrected chi connectivity index (χ4v) is 5.35. The minimum Gasteiger partial charge on any atom is -0.438 e. The van der Waals surface area contributed by atoms with Crippen LogP contribution in [-0.4, -0.2) is 32.8 Å². The van der Waals surface area contributed by atoms with Gasteiger partial charge in [0.15, 0.2) is 0 Å². The van der Waals surface area contributed by atoms with Gasteiger partial charge in [-0.25, -0.2) is 4.79 Å². The van der Waals surface area contributed by atoms with Gasteiger partial charge in [-0.1, -0.05) is 54.6 Å². The predicted molar refractivity (Wildman–Crippen MR) is 140 cm³/mol. The standard InChI is InChI=1S/C30H34N2O4/c1-21(22-9-11-23(12-10-22)24-15-17-32(26-13-14-26)27(33)19-24)31-18-16-30(36-28(31)34,20-29(2,3)35)25-7-5-4-6-8-25/h4-12,15,17,19,21,26,35H,13-14,16,18,20H2,1-3H3/t21-,30?/m0/s1. The summed E-state index contributed by atoms with van der Waals surface area (Å²) >= 11 is 0. The Kier molecular flexibility index (Phi) is 6.25. The molecule has 2 heterocycles. The van der Waals surface area contributed by atoms with Gasteiger partial charge in [-0.3, -0.25) is 4.79 Å². The highest BCUT2D eigenvalue weighted by Gasteiger charge is 2.46. The molecule has 3 aromatic rings. The quantitative estimate of drug-likeness (QED) is 0.457. The Morgan fingerprint density at radius 3 is 2.31 bits per heavy atom. The van der Waals surface area contributed by atoms with Gasteiger partial charge < -0.3 is 19.3 Å². The summed E-state index contributed by atoms with van der Waals surface area (Å²) in [7, 11) is 0. The van der Waals surface area contributed by atoms with E-state index in [0.29, 0.717) is 25.4 Å². The lowest BCUT2D eigenvalue weighted by molar-refractivity contribution is -0.101. The minimum atomic E-state index is -0.987. The highest BCUT2D eigenvalue weighted by Crippen LogP contribution is 2.42. The Morgan fingerprint density at radius 2 is 1.72 bits per heavy atom. The largest absolute Gasteiger partial charge is 0.438 e. The van der Waals surface area contributed by atoms with Gasteiger partial charge in [0.1, 0.15) is 5.60 Å². The molecule has 2 atom stereocenters. The first kappa shape index (κ1) is 24.3. The average Bonchev–Trinajstić information content (AvgIpc) is 3.69. The lowest BCUT2D eigenvalue weighted by atomic mass is 9.80. The molecular formula is C30H34N2O4. The van der Waals surface area contributed by atoms with Crippen molar-refractivity contribution in [3.8, 4) is 11.1 Å². The first-order valence-corrected chi connectivity index (χ1v) is 12.8. The zero-order chi connectivity index (χ0) is 25.5. The van der Waals surface area contributed by atoms with Crippen molar-refractivity contribution in [2.24, 2.45) is 0 Å². The zero-order valence-corrected chi connectivity index (χ0v) is 21.2. The fraction of sp³-hybridized carbons (Fsp3) is 0.400. The summed E-state index contributed by atoms with van der Waals surface area (Å²) in [5, 5.41) is 10.6. The van der Waals surface area contributed by atoms with Crippen LogP contribution in [-0.2, 0) is 10.3 Å². The van der Waals surface area contributed by atoms with E-state index in [0.717, 1.165) is 35.1 Å². The highest BCUT2D eigenvalue weighted by atomic mass is 16.6. The molecule has 188 valence electrons. The Hall–Kier alpha value is -3.38. The fourth-order valence-electron chi connectivity index (χ4n) is 5.35. The van der Waals surface area contributed by atoms with Gasteiger partial charge in [0.05, 0.1) is 11.6 Å². The summed E-state index contributed by atoms with van der Waals surface area (Å²) in [6, 6.07) is 21.6. The van der Waals surface area contributed by atoms with Crippen LogP contribution in [0.4, 0.5) is 4.79 Å². The number of pyridine rings is 1. The molecule has 2 fully saturated rings. The molecule has 0 radical (unpaired) electrons. The number of nitrogens with zero attached hydrogens (tertiary/aromatic N) is 2. The average molecular weight is 487 g/mol. The molecule has 5 rings (SSSR count). The van der Waals surface area contributed by atoms with Gasteiger partial charge in [0, 0.05) is 37.7 Å². The number of carbonyl (C=O) groups excluding carboxylic acids is 1. The summed E-state index contributed by atoms with van der Waals surface area (Å²) in [5.74, 6) is 0. The lowest BCUT2D eigenvalue weighted by Gasteiger charge is -2.45. The van der Waals surface area contributed by atoms with Crippen molar-refractivity contribution >= 4 is 6.09 Å². The topological polar surface area (TPSA) is 71.8 Å². The van der Waals surface area contributed by atoms with Gasteiger partial charge in [-0.2, -0.15) is 0 Å². The first-order chi connectivity index (χ1) is 17.2. The van der Waals surface area contributed by atoms with Gasteiger partial charge in [-0.15, -0.1) is 0 Å². The normalized spacial score (nSPS) is 21.2. The molecule has 1 unspecified atom stereocenters. The molecule has 36 heavy (non-hydrogen) atoms. The van der Waals surface area contributed by atoms with Crippen LogP contribution in [0.5, 0.6) is 0 Å². The van der Waals surface area contributed by atoms with E-state index in [-0.39, 0.29) is 17.7 Å². The molecule has 1 amide bonds. The highest BCUT2D eigenvalue weighted by molar-refractivity contribution is 5.70. The molecule has 2 aromatic carbocycles. The van der Waals surface area contributed by atoms with E-state index in [9.17, 15) is 14.7 Å². The molecule has 6 heteroatoms. The molecule has 0 spiro atoms. The third kappa shape index (κ3) is 4.96. The zero-order valence-electron chi connectivity index (χ0n) is 21.2. The van der Waals surface area contributed by atoms with E-state index in [4.69, 9.17) is 4.74 Å². The number of benzene rings is 2. The van der Waals surface area contributed by atoms with Gasteiger partial charge in [-0.05, 0) is 61.9 Å². The number of aromatic nitrogens is 1. The van der Waals surface area contributed by atoms with Crippen LogP contribution in [0.15, 0.2) is 77.7 Å². The molecule has 2 aliphatic rings. The summed E-state index contributed by atoms with van der Waals surface area (Å²) in [6.45, 7) is 6.01. The van der Waals surface area contributed by atoms with E-state index >= 15 is 0 Å². The van der Waals surface area contributed by atoms with Crippen molar-refractivity contribution in [3.05, 3.63) is 94.4 Å². The minimum absolute atomic E-state index is 0.0384. The maximum absolute atomic E-state index is 13.3. The molecule has 1 saturated carbocycles. The van der Waals surface area contributed by atoms with Crippen LogP contribution in [0.2, 0.25) is 0 Å². The molecule has 1 aliphatic carbocycles. The second kappa shape index (κ2) is 9.25. The Labute approximate surface area is 212 Å². The molecule has 1 aromatic heterocycles. The summed E-state index contributed by atoms with van der Waals surface area (Å²) in [4.78, 5) is 27.5. The van der Waals surface area contributed by atoms with Crippen LogP contribution < -0.4 is 5.56 Å². The Bertz CT molecular complexity index is 1290. The third-order valence-corrected chi connectivity index (χ3v) is 7.37. The van der Waals surface area contributed by atoms with E-state index in [1.54, 1.807) is 24.8 Å². The van der Waals surface area contributed by atoms with Crippen molar-refractivity contribution < 1.29 is 14.6 Å². The number of cyclic esters (lactones) is 1. The van der Waals surface area contributed by atoms with Crippen molar-refractivity contribution in [2.45, 2.75) is 69.7 Å². The summed E-state index contributed by atoms with van der Waals surface area (Å²) < 4.78 is 7.94. The second-order valence-electron chi connectivity index (χ2n) is 10.9. The van der Waals surface area contributed by atoms with Gasteiger partial charge in [0.2, 0.25) is 0 Å². The van der Waals surface area contributed by atoms with E-state index in [1.807, 2.05) is 78.4 Å². The van der Waals surface area contributed by atoms with Crippen LogP contribution in [0.3, 0.4) is 0 Å². The third-order valence-electron chi connectivity index (χ3n) is 7.37. The maximum atomic E-state index is 13.3. The van der Waals surface area contributed by atoms with E-state index in [1.165, 1.54) is 0 Å². The van der Waals surface area contributed by atoms with Crippen molar-refractivity contribution in [2.75, 3.05) is 6.54 Å². The van der Waals surface area contributed by atoms with Gasteiger partial charge in [0.25, 0.3) is 5.56 Å². The van der Waals surface area contributed by atoms with Crippen molar-refractivity contribution in [1.82, 2.24) is 9.47 Å². The van der Waals surface area contributed by atoms with Crippen LogP contribution in [0.25, 0.3) is 11.1 Å². The number of amides is 1. The molecule has 0 bridgehead atoms. The number of rotatable bonds is 7. The van der Waals surface area contributed by atoms with E-state index < -0.39 is 11.2 Å². The van der Waals surface area contributed by atoms with Crippen molar-refractivity contribution in [3.63, 3.8) is 0 Å². The van der Waals surface area contributed by atoms with Crippen LogP contribution in [0.1, 0.15) is 69.7 Å². The van der Waals surface area contributed by atoms with Gasteiger partial charge >= 0.3 is 6.09 Å². The molecular weight excluding hydrogens is 452 g/mol. The molecule has 6 nitrogen and oxygen atoms in total. The van der Waals surface area contributed by atoms with Crippen LogP contribution in [0, 0.1) is 0 Å². The predicted octanol–water partition coefficient (Wildman–Crippen LogP) is 5.81. The monoisotopic (exact) mass is 486 g/mol. The van der Waals surface area contributed by atoms with Crippen LogP contribution >= 0.6 is 0 Å². The molecule has 1 aliphatic heterocycles. The molecule has 1 N–H and O–H groups in total. The lowest BCUT2D eigenvalue weighted by Crippen LogP contribution is -2.51.